The van der Waals surface area contributed by atoms with E-state index in [-0.39, 0.29) is 0 Å². The quantitative estimate of drug-likeness (QED) is 0.153. The average molecular weight is 837 g/mol. The van der Waals surface area contributed by atoms with Crippen molar-refractivity contribution in [3.63, 3.8) is 0 Å². The number of hydrogen-bond donors (Lipinski definition) is 0. The average Bonchev–Trinajstić information content (AvgIpc) is 3.90. The van der Waals surface area contributed by atoms with Crippen molar-refractivity contribution >= 4 is 53.3 Å². The van der Waals surface area contributed by atoms with Crippen LogP contribution >= 0.6 is 11.3 Å². The number of hydrogen-bond acceptors (Lipinski definition) is 4. The Balaban J connectivity index is 0.907. The molecule has 0 radical (unpaired) electrons. The van der Waals surface area contributed by atoms with Crippen molar-refractivity contribution < 1.29 is 0 Å². The van der Waals surface area contributed by atoms with E-state index in [0.29, 0.717) is 17.5 Å². The molecule has 64 heavy (non-hydrogen) atoms. The van der Waals surface area contributed by atoms with Gasteiger partial charge < -0.3 is 4.57 Å². The van der Waals surface area contributed by atoms with Crippen LogP contribution in [0, 0.1) is 6.92 Å². The van der Waals surface area contributed by atoms with Gasteiger partial charge in [-0.3, -0.25) is 0 Å². The van der Waals surface area contributed by atoms with E-state index in [1.807, 2.05) is 36.4 Å². The Morgan fingerprint density at radius 2 is 1.02 bits per heavy atom. The Morgan fingerprint density at radius 1 is 0.406 bits per heavy atom. The molecule has 3 aromatic heterocycles. The maximum Gasteiger partial charge on any atom is 0.165 e. The molecular weight excluding hydrogens is 797 g/mol. The molecule has 0 aliphatic carbocycles. The molecule has 4 nitrogen and oxygen atoms in total. The Kier molecular flexibility index (Phi) is 9.28. The van der Waals surface area contributed by atoms with Crippen molar-refractivity contribution in [1.82, 2.24) is 19.5 Å². The SMILES string of the molecule is Cc1ccc(-c2ccc3c(c2)c2ccccc2n3-c2ccccc2)cc1-c1ccccc1Cc1ccc2sc3c(-c4nc(-c5ccccc5)nc(-c5ccccc5)n4)cccc3c2c1. The third-order valence-electron chi connectivity index (χ3n) is 12.5. The number of aryl methyl sites for hydroxylation is 1. The summed E-state index contributed by atoms with van der Waals surface area (Å²) in [6, 6.07) is 76.0. The molecule has 0 aliphatic rings. The molecule has 0 unspecified atom stereocenters. The van der Waals surface area contributed by atoms with Gasteiger partial charge in [0.2, 0.25) is 0 Å². The maximum absolute atomic E-state index is 5.09. The Morgan fingerprint density at radius 3 is 1.80 bits per heavy atom. The van der Waals surface area contributed by atoms with Gasteiger partial charge in [0.05, 0.1) is 11.0 Å². The zero-order valence-corrected chi connectivity index (χ0v) is 35.9. The zero-order valence-electron chi connectivity index (χ0n) is 35.1. The molecule has 0 bridgehead atoms. The van der Waals surface area contributed by atoms with Crippen molar-refractivity contribution in [3.05, 3.63) is 229 Å². The van der Waals surface area contributed by atoms with Crippen LogP contribution in [0.5, 0.6) is 0 Å². The van der Waals surface area contributed by atoms with Gasteiger partial charge in [-0.05, 0) is 107 Å². The minimum atomic E-state index is 0.664. The van der Waals surface area contributed by atoms with Gasteiger partial charge in [-0.25, -0.2) is 15.0 Å². The molecule has 12 rings (SSSR count). The van der Waals surface area contributed by atoms with Gasteiger partial charge in [0, 0.05) is 53.3 Å². The number of nitrogens with zero attached hydrogens (tertiary/aromatic N) is 4. The lowest BCUT2D eigenvalue weighted by atomic mass is 9.90. The van der Waals surface area contributed by atoms with Crippen LogP contribution in [0.1, 0.15) is 16.7 Å². The van der Waals surface area contributed by atoms with Gasteiger partial charge in [-0.15, -0.1) is 11.3 Å². The minimum Gasteiger partial charge on any atom is -0.309 e. The van der Waals surface area contributed by atoms with Crippen LogP contribution in [-0.2, 0) is 6.42 Å². The van der Waals surface area contributed by atoms with E-state index < -0.39 is 0 Å². The largest absolute Gasteiger partial charge is 0.309 e. The number of aromatic nitrogens is 4. The van der Waals surface area contributed by atoms with Crippen LogP contribution in [0.4, 0.5) is 0 Å². The highest BCUT2D eigenvalue weighted by molar-refractivity contribution is 7.26. The Hall–Kier alpha value is -7.99. The number of benzene rings is 9. The van der Waals surface area contributed by atoms with Gasteiger partial charge in [-0.2, -0.15) is 0 Å². The predicted molar refractivity (Wildman–Crippen MR) is 268 cm³/mol. The van der Waals surface area contributed by atoms with E-state index >= 15 is 0 Å². The Bertz CT molecular complexity index is 3640. The number of thiophene rings is 1. The lowest BCUT2D eigenvalue weighted by Gasteiger charge is -2.15. The lowest BCUT2D eigenvalue weighted by Crippen LogP contribution is -2.00. The second-order valence-electron chi connectivity index (χ2n) is 16.4. The van der Waals surface area contributed by atoms with Crippen LogP contribution in [0.15, 0.2) is 212 Å². The normalized spacial score (nSPS) is 11.6. The van der Waals surface area contributed by atoms with Crippen molar-refractivity contribution in [3.8, 4) is 62.1 Å². The van der Waals surface area contributed by atoms with Crippen molar-refractivity contribution in [2.75, 3.05) is 0 Å². The molecule has 3 heterocycles. The van der Waals surface area contributed by atoms with Gasteiger partial charge in [-0.1, -0.05) is 158 Å². The summed E-state index contributed by atoms with van der Waals surface area (Å²) >= 11 is 1.80. The maximum atomic E-state index is 5.09. The summed E-state index contributed by atoms with van der Waals surface area (Å²) in [7, 11) is 0. The van der Waals surface area contributed by atoms with E-state index in [0.717, 1.165) is 23.1 Å². The molecule has 0 fully saturated rings. The smallest absolute Gasteiger partial charge is 0.165 e. The fraction of sp³-hybridized carbons (Fsp3) is 0.0339. The first-order valence-electron chi connectivity index (χ1n) is 21.7. The molecule has 0 saturated heterocycles. The van der Waals surface area contributed by atoms with Crippen LogP contribution in [0.2, 0.25) is 0 Å². The first-order chi connectivity index (χ1) is 31.6. The summed E-state index contributed by atoms with van der Waals surface area (Å²) in [5.74, 6) is 2.01. The van der Waals surface area contributed by atoms with E-state index in [9.17, 15) is 0 Å². The highest BCUT2D eigenvalue weighted by Gasteiger charge is 2.18. The first-order valence-corrected chi connectivity index (χ1v) is 22.5. The molecule has 0 amide bonds. The van der Waals surface area contributed by atoms with E-state index in [1.165, 1.54) is 86.6 Å². The van der Waals surface area contributed by atoms with E-state index in [4.69, 9.17) is 15.0 Å². The molecule has 0 saturated carbocycles. The van der Waals surface area contributed by atoms with E-state index in [1.54, 1.807) is 11.3 Å². The molecule has 302 valence electrons. The molecule has 0 spiro atoms. The number of rotatable bonds is 8. The summed E-state index contributed by atoms with van der Waals surface area (Å²) in [4.78, 5) is 15.1. The van der Waals surface area contributed by atoms with Crippen LogP contribution in [0.3, 0.4) is 0 Å². The predicted octanol–water partition coefficient (Wildman–Crippen LogP) is 15.6. The zero-order chi connectivity index (χ0) is 42.6. The molecule has 9 aromatic carbocycles. The lowest BCUT2D eigenvalue weighted by molar-refractivity contribution is 1.08. The molecule has 12 aromatic rings. The van der Waals surface area contributed by atoms with Crippen molar-refractivity contribution in [2.24, 2.45) is 0 Å². The summed E-state index contributed by atoms with van der Waals surface area (Å²) < 4.78 is 4.79. The van der Waals surface area contributed by atoms with E-state index in [2.05, 4.69) is 187 Å². The molecular formula is C59H40N4S. The van der Waals surface area contributed by atoms with Crippen molar-refractivity contribution in [2.45, 2.75) is 13.3 Å². The van der Waals surface area contributed by atoms with Crippen LogP contribution in [0.25, 0.3) is 104 Å². The van der Waals surface area contributed by atoms with Crippen molar-refractivity contribution in [1.29, 1.82) is 0 Å². The monoisotopic (exact) mass is 836 g/mol. The molecule has 5 heteroatoms. The molecule has 0 aliphatic heterocycles. The molecule has 0 N–H and O–H groups in total. The van der Waals surface area contributed by atoms with Gasteiger partial charge >= 0.3 is 0 Å². The third-order valence-corrected chi connectivity index (χ3v) is 13.7. The highest BCUT2D eigenvalue weighted by atomic mass is 32.1. The number of fused-ring (bicyclic) bond motifs is 6. The topological polar surface area (TPSA) is 43.6 Å². The second-order valence-corrected chi connectivity index (χ2v) is 17.5. The van der Waals surface area contributed by atoms with Crippen LogP contribution in [-0.4, -0.2) is 19.5 Å². The second kappa shape index (κ2) is 15.7. The summed E-state index contributed by atoms with van der Waals surface area (Å²) in [6.07, 6.45) is 0.812. The Labute approximate surface area is 375 Å². The van der Waals surface area contributed by atoms with Gasteiger partial charge in [0.25, 0.3) is 0 Å². The third kappa shape index (κ3) is 6.66. The summed E-state index contributed by atoms with van der Waals surface area (Å²) in [5.41, 5.74) is 15.3. The standard InChI is InChI=1S/C59H40N4S/c1-38-28-30-42(43-31-32-54-51(37-43)47-24-13-14-27-53(47)63(54)45-21-9-4-10-22-45)36-50(38)46-23-12-11-20-44(46)34-39-29-33-55-52(35-39)48-25-15-26-49(56(48)64-55)59-61-57(40-16-5-2-6-17-40)60-58(62-59)41-18-7-3-8-19-41/h2-33,35-37H,34H2,1H3. The number of para-hydroxylation sites is 2. The van der Waals surface area contributed by atoms with Gasteiger partial charge in [0.1, 0.15) is 0 Å². The summed E-state index contributed by atoms with van der Waals surface area (Å²) in [6.45, 7) is 2.23. The fourth-order valence-corrected chi connectivity index (χ4v) is 10.5. The van der Waals surface area contributed by atoms with Gasteiger partial charge in [0.15, 0.2) is 17.5 Å². The minimum absolute atomic E-state index is 0.664. The first kappa shape index (κ1) is 37.7. The highest BCUT2D eigenvalue weighted by Crippen LogP contribution is 2.42. The van der Waals surface area contributed by atoms with Crippen LogP contribution < -0.4 is 0 Å². The summed E-state index contributed by atoms with van der Waals surface area (Å²) in [5, 5.41) is 4.97. The fourth-order valence-electron chi connectivity index (χ4n) is 9.32. The molecule has 0 atom stereocenters.